The maximum absolute atomic E-state index is 13.0. The molecule has 0 saturated heterocycles. The van der Waals surface area contributed by atoms with E-state index in [-0.39, 0.29) is 24.7 Å². The lowest BCUT2D eigenvalue weighted by atomic mass is 9.95. The van der Waals surface area contributed by atoms with Crippen LogP contribution in [-0.2, 0) is 24.9 Å². The first kappa shape index (κ1) is 30.6. The molecule has 13 heteroatoms. The molecule has 0 aliphatic rings. The third-order valence-electron chi connectivity index (χ3n) is 6.20. The first-order valence-corrected chi connectivity index (χ1v) is 13.7. The molecule has 2 heterocycles. The third-order valence-corrected chi connectivity index (χ3v) is 7.25. The van der Waals surface area contributed by atoms with Crippen LogP contribution in [0.15, 0.2) is 42.7 Å². The number of alkyl halides is 2. The van der Waals surface area contributed by atoms with Crippen LogP contribution in [-0.4, -0.2) is 33.5 Å². The third kappa shape index (κ3) is 7.30. The lowest BCUT2D eigenvalue weighted by Crippen LogP contribution is -2.34. The van der Waals surface area contributed by atoms with E-state index >= 15 is 0 Å². The molecule has 1 amide bonds. The van der Waals surface area contributed by atoms with Gasteiger partial charge < -0.3 is 25.3 Å². The van der Waals surface area contributed by atoms with E-state index in [0.717, 1.165) is 0 Å². The standard InChI is InChI=1S/C28H29Cl3F2N6O2/c1-28(2,3)26(40)36-11-15-5-6-17(29)25(24(15)31)38-27-37-20-9-16(12-35-19-7-8-34-13-18(19)30)22(41-14-23(32)33)10-21(20)39(27)4/h5-10,13,23H,11-12,14H2,1-4H3,(H,34,35)(H,36,40)(H,37,38). The summed E-state index contributed by atoms with van der Waals surface area (Å²) in [5.74, 6) is 0.564. The smallest absolute Gasteiger partial charge is 0.272 e. The zero-order valence-corrected chi connectivity index (χ0v) is 25.1. The monoisotopic (exact) mass is 624 g/mol. The van der Waals surface area contributed by atoms with Gasteiger partial charge in [0.15, 0.2) is 0 Å². The summed E-state index contributed by atoms with van der Waals surface area (Å²) in [6.07, 6.45) is 0.447. The van der Waals surface area contributed by atoms with Gasteiger partial charge in [0.25, 0.3) is 6.43 Å². The van der Waals surface area contributed by atoms with Crippen molar-refractivity contribution in [2.45, 2.75) is 40.3 Å². The normalized spacial score (nSPS) is 11.7. The van der Waals surface area contributed by atoms with Gasteiger partial charge in [0.1, 0.15) is 12.4 Å². The van der Waals surface area contributed by atoms with Crippen molar-refractivity contribution < 1.29 is 18.3 Å². The quantitative estimate of drug-likeness (QED) is 0.168. The van der Waals surface area contributed by atoms with Crippen LogP contribution < -0.4 is 20.7 Å². The second-order valence-corrected chi connectivity index (χ2v) is 11.5. The largest absolute Gasteiger partial charge is 0.487 e. The number of fused-ring (bicyclic) bond motifs is 1. The van der Waals surface area contributed by atoms with E-state index in [1.54, 1.807) is 48.1 Å². The molecular formula is C28H29Cl3F2N6O2. The summed E-state index contributed by atoms with van der Waals surface area (Å²) >= 11 is 19.4. The highest BCUT2D eigenvalue weighted by atomic mass is 35.5. The summed E-state index contributed by atoms with van der Waals surface area (Å²) in [4.78, 5) is 21.0. The molecule has 2 aromatic carbocycles. The van der Waals surface area contributed by atoms with Crippen LogP contribution in [0.4, 0.5) is 26.1 Å². The molecular weight excluding hydrogens is 597 g/mol. The number of nitrogens with one attached hydrogen (secondary N) is 3. The van der Waals surface area contributed by atoms with Gasteiger partial charge in [0, 0.05) is 49.6 Å². The SMILES string of the molecule is Cn1c(Nc2c(Cl)ccc(CNC(=O)C(C)(C)C)c2Cl)nc2cc(CNc3ccncc3Cl)c(OCC(F)F)cc21. The van der Waals surface area contributed by atoms with Crippen molar-refractivity contribution in [1.82, 2.24) is 19.9 Å². The average molecular weight is 626 g/mol. The summed E-state index contributed by atoms with van der Waals surface area (Å²) in [7, 11) is 1.76. The maximum Gasteiger partial charge on any atom is 0.272 e. The average Bonchev–Trinajstić information content (AvgIpc) is 3.21. The topological polar surface area (TPSA) is 93.1 Å². The fourth-order valence-electron chi connectivity index (χ4n) is 3.91. The Morgan fingerprint density at radius 2 is 1.83 bits per heavy atom. The highest BCUT2D eigenvalue weighted by Crippen LogP contribution is 2.37. The van der Waals surface area contributed by atoms with Crippen molar-refractivity contribution in [3.63, 3.8) is 0 Å². The molecule has 0 unspecified atom stereocenters. The Hall–Kier alpha value is -3.34. The number of rotatable bonds is 10. The Kier molecular flexibility index (Phi) is 9.46. The number of anilines is 3. The van der Waals surface area contributed by atoms with Gasteiger partial charge in [-0.25, -0.2) is 13.8 Å². The molecule has 0 bridgehead atoms. The number of ether oxygens (including phenoxy) is 1. The second-order valence-electron chi connectivity index (χ2n) is 10.3. The first-order chi connectivity index (χ1) is 19.3. The van der Waals surface area contributed by atoms with Crippen LogP contribution in [0.3, 0.4) is 0 Å². The lowest BCUT2D eigenvalue weighted by Gasteiger charge is -2.19. The highest BCUT2D eigenvalue weighted by molar-refractivity contribution is 6.39. The summed E-state index contributed by atoms with van der Waals surface area (Å²) in [6.45, 7) is 5.16. The molecule has 218 valence electrons. The molecule has 41 heavy (non-hydrogen) atoms. The van der Waals surface area contributed by atoms with E-state index in [1.807, 2.05) is 20.8 Å². The van der Waals surface area contributed by atoms with Crippen LogP contribution >= 0.6 is 34.8 Å². The molecule has 2 aromatic heterocycles. The summed E-state index contributed by atoms with van der Waals surface area (Å²) < 4.78 is 33.2. The Morgan fingerprint density at radius 1 is 1.07 bits per heavy atom. The molecule has 4 aromatic rings. The number of benzene rings is 2. The van der Waals surface area contributed by atoms with Crippen molar-refractivity contribution in [3.8, 4) is 5.75 Å². The van der Waals surface area contributed by atoms with E-state index in [2.05, 4.69) is 20.9 Å². The Labute approximate surface area is 251 Å². The van der Waals surface area contributed by atoms with Crippen LogP contribution in [0.25, 0.3) is 11.0 Å². The van der Waals surface area contributed by atoms with Crippen LogP contribution in [0.2, 0.25) is 15.1 Å². The number of hydrogen-bond donors (Lipinski definition) is 3. The number of carbonyl (C=O) groups is 1. The van der Waals surface area contributed by atoms with Gasteiger partial charge in [0.2, 0.25) is 11.9 Å². The van der Waals surface area contributed by atoms with Crippen LogP contribution in [0.5, 0.6) is 5.75 Å². The van der Waals surface area contributed by atoms with Crippen molar-refractivity contribution in [1.29, 1.82) is 0 Å². The molecule has 0 fully saturated rings. The van der Waals surface area contributed by atoms with Crippen LogP contribution in [0.1, 0.15) is 31.9 Å². The van der Waals surface area contributed by atoms with E-state index < -0.39 is 18.4 Å². The summed E-state index contributed by atoms with van der Waals surface area (Å²) in [5.41, 5.74) is 2.97. The molecule has 3 N–H and O–H groups in total. The molecule has 8 nitrogen and oxygen atoms in total. The van der Waals surface area contributed by atoms with Gasteiger partial charge in [-0.1, -0.05) is 61.6 Å². The predicted octanol–water partition coefficient (Wildman–Crippen LogP) is 7.59. The van der Waals surface area contributed by atoms with Gasteiger partial charge in [-0.3, -0.25) is 9.78 Å². The minimum Gasteiger partial charge on any atom is -0.487 e. The minimum absolute atomic E-state index is 0.116. The van der Waals surface area contributed by atoms with E-state index in [9.17, 15) is 13.6 Å². The van der Waals surface area contributed by atoms with Gasteiger partial charge in [-0.05, 0) is 23.8 Å². The molecule has 0 atom stereocenters. The summed E-state index contributed by atoms with van der Waals surface area (Å²) in [5, 5.41) is 10.4. The number of imidazole rings is 1. The number of hydrogen-bond acceptors (Lipinski definition) is 6. The zero-order valence-electron chi connectivity index (χ0n) is 22.8. The van der Waals surface area contributed by atoms with Crippen molar-refractivity contribution in [2.24, 2.45) is 12.5 Å². The number of nitrogens with zero attached hydrogens (tertiary/aromatic N) is 3. The number of halogens is 5. The Balaban J connectivity index is 1.65. The van der Waals surface area contributed by atoms with Crippen LogP contribution in [0, 0.1) is 5.41 Å². The van der Waals surface area contributed by atoms with Gasteiger partial charge >= 0.3 is 0 Å². The Morgan fingerprint density at radius 3 is 2.51 bits per heavy atom. The maximum atomic E-state index is 13.0. The number of aromatic nitrogens is 3. The fraction of sp³-hybridized carbons (Fsp3) is 0.321. The molecule has 0 spiro atoms. The van der Waals surface area contributed by atoms with E-state index in [1.165, 1.54) is 6.20 Å². The predicted molar refractivity (Wildman–Crippen MR) is 160 cm³/mol. The number of aryl methyl sites for hydroxylation is 1. The number of carbonyl (C=O) groups excluding carboxylic acids is 1. The van der Waals surface area contributed by atoms with Gasteiger partial charge in [-0.15, -0.1) is 0 Å². The molecule has 0 saturated carbocycles. The van der Waals surface area contributed by atoms with Gasteiger partial charge in [0.05, 0.1) is 37.5 Å². The van der Waals surface area contributed by atoms with E-state index in [0.29, 0.717) is 54.6 Å². The lowest BCUT2D eigenvalue weighted by molar-refractivity contribution is -0.128. The van der Waals surface area contributed by atoms with E-state index in [4.69, 9.17) is 44.5 Å². The zero-order chi connectivity index (χ0) is 29.9. The molecule has 0 aliphatic heterocycles. The first-order valence-electron chi connectivity index (χ1n) is 12.6. The highest BCUT2D eigenvalue weighted by Gasteiger charge is 2.22. The molecule has 4 rings (SSSR count). The molecule has 0 aliphatic carbocycles. The minimum atomic E-state index is -2.64. The van der Waals surface area contributed by atoms with Crippen molar-refractivity contribution in [3.05, 3.63) is 68.9 Å². The summed E-state index contributed by atoms with van der Waals surface area (Å²) in [6, 6.07) is 8.54. The number of pyridine rings is 1. The Bertz CT molecular complexity index is 1570. The number of amides is 1. The molecule has 0 radical (unpaired) electrons. The van der Waals surface area contributed by atoms with Crippen molar-refractivity contribution >= 4 is 69.1 Å². The van der Waals surface area contributed by atoms with Crippen molar-refractivity contribution in [2.75, 3.05) is 17.2 Å². The fourth-order valence-corrected chi connectivity index (χ4v) is 4.63. The second kappa shape index (κ2) is 12.7. The van der Waals surface area contributed by atoms with Gasteiger partial charge in [-0.2, -0.15) is 0 Å².